The van der Waals surface area contributed by atoms with Crippen LogP contribution < -0.4 is 0 Å². The Balaban J connectivity index is 1.62. The Hall–Kier alpha value is -3.63. The number of allylic oxidation sites excluding steroid dienone is 2. The van der Waals surface area contributed by atoms with Crippen molar-refractivity contribution >= 4 is 44.1 Å². The van der Waals surface area contributed by atoms with E-state index in [-0.39, 0.29) is 21.3 Å². The Kier molecular flexibility index (Phi) is 4.95. The molecule has 0 fully saturated rings. The van der Waals surface area contributed by atoms with Gasteiger partial charge in [-0.3, -0.25) is 4.79 Å². The highest BCUT2D eigenvalue weighted by Gasteiger charge is 2.27. The molecule has 0 N–H and O–H groups in total. The number of benzene rings is 3. The topological polar surface area (TPSA) is 107 Å². The lowest BCUT2D eigenvalue weighted by atomic mass is 9.94. The second-order valence-corrected chi connectivity index (χ2v) is 9.64. The lowest BCUT2D eigenvalue weighted by Gasteiger charge is -2.16. The fourth-order valence-electron chi connectivity index (χ4n) is 3.37. The molecule has 0 atom stereocenters. The number of hydrogen-bond donors (Lipinski definition) is 0. The van der Waals surface area contributed by atoms with Crippen LogP contribution in [0.1, 0.15) is 15.9 Å². The molecule has 1 aromatic heterocycles. The summed E-state index contributed by atoms with van der Waals surface area (Å²) in [6, 6.07) is 19.2. The summed E-state index contributed by atoms with van der Waals surface area (Å²) in [7, 11) is -2.37. The summed E-state index contributed by atoms with van der Waals surface area (Å²) < 4.78 is 31.9. The second-order valence-electron chi connectivity index (χ2n) is 7.03. The highest BCUT2D eigenvalue weighted by atomic mass is 32.2. The molecule has 0 spiro atoms. The maximum absolute atomic E-state index is 13.2. The zero-order valence-electron chi connectivity index (χ0n) is 16.7. The van der Waals surface area contributed by atoms with Gasteiger partial charge < -0.3 is 0 Å². The van der Waals surface area contributed by atoms with Crippen LogP contribution in [-0.4, -0.2) is 40.1 Å². The minimum atomic E-state index is -4.03. The van der Waals surface area contributed by atoms with Gasteiger partial charge in [0.25, 0.3) is 10.0 Å². The quantitative estimate of drug-likeness (QED) is 0.458. The molecular weight excluding hydrogens is 446 g/mol. The second kappa shape index (κ2) is 7.81. The summed E-state index contributed by atoms with van der Waals surface area (Å²) in [6.07, 6.45) is 1.47. The van der Waals surface area contributed by atoms with Crippen LogP contribution in [-0.2, 0) is 17.1 Å². The van der Waals surface area contributed by atoms with Crippen molar-refractivity contribution in [1.82, 2.24) is 20.2 Å². The number of sulfonamides is 1. The lowest BCUT2D eigenvalue weighted by Crippen LogP contribution is -2.17. The number of thioether (sulfide) groups is 1. The monoisotopic (exact) mass is 461 g/mol. The number of nitrogens with zero attached hydrogens (tertiary/aromatic N) is 5. The number of aryl methyl sites for hydroxylation is 1. The molecule has 1 aliphatic carbocycles. The normalized spacial score (nSPS) is 15.1. The average molecular weight is 462 g/mol. The van der Waals surface area contributed by atoms with Gasteiger partial charge in [0.1, 0.15) is 0 Å². The Morgan fingerprint density at radius 1 is 0.938 bits per heavy atom. The van der Waals surface area contributed by atoms with Gasteiger partial charge in [0.2, 0.25) is 10.9 Å². The van der Waals surface area contributed by atoms with Crippen molar-refractivity contribution in [3.05, 3.63) is 88.8 Å². The van der Waals surface area contributed by atoms with Crippen LogP contribution in [0, 0.1) is 0 Å². The van der Waals surface area contributed by atoms with E-state index in [1.54, 1.807) is 43.4 Å². The van der Waals surface area contributed by atoms with E-state index in [2.05, 4.69) is 19.9 Å². The molecule has 3 aromatic carbocycles. The third kappa shape index (κ3) is 3.63. The Labute approximate surface area is 187 Å². The Morgan fingerprint density at radius 2 is 1.66 bits per heavy atom. The fourth-order valence-corrected chi connectivity index (χ4v) is 5.22. The van der Waals surface area contributed by atoms with Crippen LogP contribution in [0.3, 0.4) is 0 Å². The van der Waals surface area contributed by atoms with Crippen molar-refractivity contribution < 1.29 is 13.2 Å². The van der Waals surface area contributed by atoms with Crippen LogP contribution in [0.25, 0.3) is 10.8 Å². The van der Waals surface area contributed by atoms with Gasteiger partial charge >= 0.3 is 0 Å². The third-order valence-electron chi connectivity index (χ3n) is 4.96. The third-order valence-corrected chi connectivity index (χ3v) is 7.30. The highest BCUT2D eigenvalue weighted by molar-refractivity contribution is 8.04. The number of tetrazole rings is 1. The first-order valence-corrected chi connectivity index (χ1v) is 11.8. The van der Waals surface area contributed by atoms with Gasteiger partial charge in [-0.15, -0.1) is 5.10 Å². The van der Waals surface area contributed by atoms with Gasteiger partial charge in [0, 0.05) is 18.2 Å². The van der Waals surface area contributed by atoms with Gasteiger partial charge in [0.05, 0.1) is 15.5 Å². The van der Waals surface area contributed by atoms with Crippen molar-refractivity contribution in [3.63, 3.8) is 0 Å². The maximum atomic E-state index is 13.2. The van der Waals surface area contributed by atoms with Crippen molar-refractivity contribution in [2.75, 3.05) is 0 Å². The van der Waals surface area contributed by atoms with E-state index in [4.69, 9.17) is 0 Å². The van der Waals surface area contributed by atoms with E-state index in [0.717, 1.165) is 22.5 Å². The number of carbonyl (C=O) groups is 1. The molecule has 0 amide bonds. The van der Waals surface area contributed by atoms with Crippen LogP contribution in [0.15, 0.2) is 92.2 Å². The molecule has 0 bridgehead atoms. The van der Waals surface area contributed by atoms with E-state index in [1.807, 2.05) is 24.3 Å². The first kappa shape index (κ1) is 20.3. The Bertz CT molecular complexity index is 1550. The van der Waals surface area contributed by atoms with Gasteiger partial charge in [-0.05, 0) is 51.2 Å². The van der Waals surface area contributed by atoms with Gasteiger partial charge in [-0.2, -0.15) is 12.8 Å². The van der Waals surface area contributed by atoms with Crippen LogP contribution in [0.2, 0.25) is 0 Å². The molecule has 32 heavy (non-hydrogen) atoms. The first-order chi connectivity index (χ1) is 15.4. The molecule has 5 rings (SSSR count). The van der Waals surface area contributed by atoms with Gasteiger partial charge in [-0.1, -0.05) is 54.6 Å². The molecule has 8 nitrogen and oxygen atoms in total. The van der Waals surface area contributed by atoms with Crippen molar-refractivity contribution in [3.8, 4) is 0 Å². The van der Waals surface area contributed by atoms with Crippen LogP contribution in [0.5, 0.6) is 0 Å². The number of rotatable bonds is 4. The highest BCUT2D eigenvalue weighted by Crippen LogP contribution is 2.33. The summed E-state index contributed by atoms with van der Waals surface area (Å²) >= 11 is 1.06. The minimum Gasteiger partial charge on any atom is -0.288 e. The number of aromatic nitrogens is 4. The van der Waals surface area contributed by atoms with E-state index >= 15 is 0 Å². The maximum Gasteiger partial charge on any atom is 0.282 e. The van der Waals surface area contributed by atoms with Gasteiger partial charge in [0.15, 0.2) is 0 Å². The summed E-state index contributed by atoms with van der Waals surface area (Å²) in [6.45, 7) is 0. The number of Topliss-reactive ketones (excluding diaryl/α,β-unsaturated/α-hetero) is 1. The molecular formula is C22H15N5O3S2. The molecule has 0 saturated carbocycles. The first-order valence-electron chi connectivity index (χ1n) is 9.52. The summed E-state index contributed by atoms with van der Waals surface area (Å²) in [5.74, 6) is -0.240. The van der Waals surface area contributed by atoms with Gasteiger partial charge in [-0.25, -0.2) is 4.68 Å². The molecule has 0 aliphatic heterocycles. The van der Waals surface area contributed by atoms with Crippen molar-refractivity contribution in [2.45, 2.75) is 10.1 Å². The molecule has 4 aromatic rings. The summed E-state index contributed by atoms with van der Waals surface area (Å²) in [5, 5.41) is 13.4. The lowest BCUT2D eigenvalue weighted by molar-refractivity contribution is 0.104. The smallest absolute Gasteiger partial charge is 0.282 e. The molecule has 1 heterocycles. The molecule has 1 aliphatic rings. The fraction of sp³-hybridized carbons (Fsp3) is 0.0455. The van der Waals surface area contributed by atoms with E-state index < -0.39 is 10.0 Å². The zero-order chi connectivity index (χ0) is 22.3. The van der Waals surface area contributed by atoms with Crippen LogP contribution >= 0.6 is 11.8 Å². The van der Waals surface area contributed by atoms with Crippen molar-refractivity contribution in [1.29, 1.82) is 0 Å². The molecule has 0 radical (unpaired) electrons. The standard InChI is InChI=1S/C22H15N5O3S2/c1-27-22(23-25-26-27)31-20-13-19(17-8-4-5-9-18(17)21(20)28)24-32(29,30)16-11-10-14-6-2-3-7-15(14)12-16/h2-13H,1H3/b24-19-. The summed E-state index contributed by atoms with van der Waals surface area (Å²) in [4.78, 5) is 13.4. The number of ketones is 1. The number of carbonyl (C=O) groups excluding carboxylic acids is 1. The molecule has 10 heteroatoms. The van der Waals surface area contributed by atoms with Crippen LogP contribution in [0.4, 0.5) is 0 Å². The minimum absolute atomic E-state index is 0.0817. The van der Waals surface area contributed by atoms with E-state index in [9.17, 15) is 13.2 Å². The molecule has 158 valence electrons. The summed E-state index contributed by atoms with van der Waals surface area (Å²) in [5.41, 5.74) is 1.02. The molecule has 0 saturated heterocycles. The molecule has 0 unspecified atom stereocenters. The van der Waals surface area contributed by atoms with E-state index in [0.29, 0.717) is 16.3 Å². The van der Waals surface area contributed by atoms with E-state index in [1.165, 1.54) is 16.8 Å². The number of fused-ring (bicyclic) bond motifs is 2. The zero-order valence-corrected chi connectivity index (χ0v) is 18.3. The predicted octanol–water partition coefficient (Wildman–Crippen LogP) is 3.41. The van der Waals surface area contributed by atoms with Crippen molar-refractivity contribution in [2.24, 2.45) is 11.4 Å². The predicted molar refractivity (Wildman–Crippen MR) is 121 cm³/mol. The SMILES string of the molecule is Cn1nnnc1SC1=C/C(=N/S(=O)(=O)c2ccc3ccccc3c2)c2ccccc2C1=O. The largest absolute Gasteiger partial charge is 0.288 e. The average Bonchev–Trinajstić information content (AvgIpc) is 3.20. The number of hydrogen-bond acceptors (Lipinski definition) is 7. The Morgan fingerprint density at radius 3 is 2.41 bits per heavy atom.